The molecule has 4 rings (SSSR count). The van der Waals surface area contributed by atoms with E-state index in [2.05, 4.69) is 10.3 Å². The molecule has 0 saturated heterocycles. The number of benzene rings is 1. The number of nitrogens with one attached hydrogen (secondary N) is 1. The number of carbonyl (C=O) groups excluding carboxylic acids is 2. The molecule has 1 fully saturated rings. The number of hydrogen-bond acceptors (Lipinski definition) is 5. The molecule has 0 spiro atoms. The average Bonchev–Trinajstić information content (AvgIpc) is 3.39. The molecule has 0 atom stereocenters. The molecule has 1 N–H and O–H groups in total. The molecule has 0 unspecified atom stereocenters. The number of nitrogens with zero attached hydrogens (tertiary/aromatic N) is 1. The molecule has 5 nitrogen and oxygen atoms in total. The first-order valence-corrected chi connectivity index (χ1v) is 9.44. The molecule has 1 aromatic carbocycles. The fraction of sp³-hybridized carbons (Fsp3) is 0.250. The summed E-state index contributed by atoms with van der Waals surface area (Å²) in [5, 5.41) is 5.45. The topological polar surface area (TPSA) is 68.3 Å². The quantitative estimate of drug-likeness (QED) is 0.676. The van der Waals surface area contributed by atoms with E-state index in [1.54, 1.807) is 11.3 Å². The van der Waals surface area contributed by atoms with Crippen LogP contribution >= 0.6 is 11.3 Å². The Morgan fingerprint density at radius 1 is 1.19 bits per heavy atom. The molecule has 0 aliphatic heterocycles. The van der Waals surface area contributed by atoms with Gasteiger partial charge in [0.15, 0.2) is 6.61 Å². The summed E-state index contributed by atoms with van der Waals surface area (Å²) < 4.78 is 5.25. The van der Waals surface area contributed by atoms with Crippen molar-refractivity contribution in [2.45, 2.75) is 25.3 Å². The summed E-state index contributed by atoms with van der Waals surface area (Å²) in [6.45, 7) is 0.150. The van der Waals surface area contributed by atoms with E-state index in [0.29, 0.717) is 18.0 Å². The summed E-state index contributed by atoms with van der Waals surface area (Å²) in [4.78, 5) is 30.2. The molecule has 6 heteroatoms. The van der Waals surface area contributed by atoms with Gasteiger partial charge in [0.1, 0.15) is 0 Å². The first-order valence-electron chi connectivity index (χ1n) is 8.56. The van der Waals surface area contributed by atoms with Gasteiger partial charge in [-0.2, -0.15) is 0 Å². The number of amides is 1. The fourth-order valence-corrected chi connectivity index (χ4v) is 3.46. The van der Waals surface area contributed by atoms with Crippen LogP contribution in [0.25, 0.3) is 10.9 Å². The lowest BCUT2D eigenvalue weighted by atomic mass is 10.1. The number of ether oxygens (including phenoxy) is 1. The van der Waals surface area contributed by atoms with Crippen molar-refractivity contribution in [3.63, 3.8) is 0 Å². The molecule has 3 aromatic rings. The maximum Gasteiger partial charge on any atom is 0.339 e. The molecule has 1 saturated carbocycles. The maximum atomic E-state index is 12.6. The largest absolute Gasteiger partial charge is 0.452 e. The van der Waals surface area contributed by atoms with Crippen molar-refractivity contribution in [2.24, 2.45) is 0 Å². The van der Waals surface area contributed by atoms with Gasteiger partial charge in [-0.3, -0.25) is 9.78 Å². The summed E-state index contributed by atoms with van der Waals surface area (Å²) in [7, 11) is 0. The van der Waals surface area contributed by atoms with Crippen LogP contribution in [0.15, 0.2) is 47.8 Å². The lowest BCUT2D eigenvalue weighted by Crippen LogP contribution is -2.28. The Bertz CT molecular complexity index is 949. The van der Waals surface area contributed by atoms with Crippen LogP contribution in [0.2, 0.25) is 0 Å². The van der Waals surface area contributed by atoms with Crippen molar-refractivity contribution in [3.05, 3.63) is 64.0 Å². The highest BCUT2D eigenvalue weighted by Crippen LogP contribution is 2.40. The average molecular weight is 366 g/mol. The highest BCUT2D eigenvalue weighted by Gasteiger charge is 2.27. The third-order valence-electron chi connectivity index (χ3n) is 4.33. The summed E-state index contributed by atoms with van der Waals surface area (Å²) in [5.74, 6) is -0.371. The Labute approximate surface area is 155 Å². The highest BCUT2D eigenvalue weighted by atomic mass is 32.1. The number of para-hydroxylation sites is 1. The predicted octanol–water partition coefficient (Wildman–Crippen LogP) is 3.65. The Balaban J connectivity index is 1.44. The third kappa shape index (κ3) is 3.75. The summed E-state index contributed by atoms with van der Waals surface area (Å²) >= 11 is 1.57. The van der Waals surface area contributed by atoms with Crippen LogP contribution in [0, 0.1) is 0 Å². The Kier molecular flexibility index (Phi) is 4.67. The van der Waals surface area contributed by atoms with Crippen molar-refractivity contribution in [1.82, 2.24) is 10.3 Å². The molecular weight excluding hydrogens is 348 g/mol. The first kappa shape index (κ1) is 16.7. The van der Waals surface area contributed by atoms with Crippen LogP contribution in [-0.2, 0) is 16.1 Å². The Hall–Kier alpha value is -2.73. The first-order chi connectivity index (χ1) is 12.7. The van der Waals surface area contributed by atoms with E-state index in [9.17, 15) is 9.59 Å². The van der Waals surface area contributed by atoms with Crippen LogP contribution in [-0.4, -0.2) is 23.5 Å². The van der Waals surface area contributed by atoms with Crippen LogP contribution in [0.1, 0.15) is 39.7 Å². The minimum Gasteiger partial charge on any atom is -0.452 e. The number of carbonyl (C=O) groups is 2. The second-order valence-electron chi connectivity index (χ2n) is 6.32. The van der Waals surface area contributed by atoms with Crippen molar-refractivity contribution in [2.75, 3.05) is 6.61 Å². The molecule has 132 valence electrons. The van der Waals surface area contributed by atoms with Crippen LogP contribution in [0.4, 0.5) is 0 Å². The van der Waals surface area contributed by atoms with Crippen LogP contribution in [0.5, 0.6) is 0 Å². The Morgan fingerprint density at radius 2 is 2.04 bits per heavy atom. The zero-order chi connectivity index (χ0) is 17.9. The van der Waals surface area contributed by atoms with Gasteiger partial charge in [0.05, 0.1) is 17.6 Å². The van der Waals surface area contributed by atoms with Gasteiger partial charge >= 0.3 is 5.97 Å². The van der Waals surface area contributed by atoms with E-state index < -0.39 is 5.97 Å². The van der Waals surface area contributed by atoms with Gasteiger partial charge in [-0.05, 0) is 36.4 Å². The van der Waals surface area contributed by atoms with Crippen LogP contribution in [0.3, 0.4) is 0 Å². The van der Waals surface area contributed by atoms with Gasteiger partial charge in [0, 0.05) is 21.9 Å². The number of fused-ring (bicyclic) bond motifs is 1. The minimum atomic E-state index is -0.489. The smallest absolute Gasteiger partial charge is 0.339 e. The van der Waals surface area contributed by atoms with Gasteiger partial charge in [-0.15, -0.1) is 11.3 Å². The molecule has 1 aliphatic rings. The van der Waals surface area contributed by atoms with Gasteiger partial charge in [-0.1, -0.05) is 24.3 Å². The normalized spacial score (nSPS) is 13.5. The number of aromatic nitrogens is 1. The summed E-state index contributed by atoms with van der Waals surface area (Å²) in [5.41, 5.74) is 2.19. The molecule has 26 heavy (non-hydrogen) atoms. The van der Waals surface area contributed by atoms with E-state index >= 15 is 0 Å². The van der Waals surface area contributed by atoms with Gasteiger partial charge in [-0.25, -0.2) is 4.79 Å². The lowest BCUT2D eigenvalue weighted by Gasteiger charge is -2.10. The summed E-state index contributed by atoms with van der Waals surface area (Å²) in [6, 6.07) is 13.2. The molecule has 0 radical (unpaired) electrons. The van der Waals surface area contributed by atoms with E-state index in [4.69, 9.17) is 4.74 Å². The molecule has 2 aromatic heterocycles. The zero-order valence-corrected chi connectivity index (χ0v) is 14.9. The van der Waals surface area contributed by atoms with Gasteiger partial charge in [0.2, 0.25) is 0 Å². The number of rotatable bonds is 6. The van der Waals surface area contributed by atoms with E-state index in [-0.39, 0.29) is 12.5 Å². The number of hydrogen-bond donors (Lipinski definition) is 1. The molecule has 1 aliphatic carbocycles. The van der Waals surface area contributed by atoms with Crippen molar-refractivity contribution < 1.29 is 14.3 Å². The second-order valence-corrected chi connectivity index (χ2v) is 7.35. The van der Waals surface area contributed by atoms with E-state index in [0.717, 1.165) is 34.3 Å². The van der Waals surface area contributed by atoms with Gasteiger partial charge in [0.25, 0.3) is 5.91 Å². The minimum absolute atomic E-state index is 0.292. The standard InChI is InChI=1S/C20H18N2O3S/c23-19(21-11-14-4-3-9-26-14)12-25-20(24)16-10-18(13-7-8-13)22-17-6-2-1-5-15(16)17/h1-6,9-10,13H,7-8,11-12H2,(H,21,23). The highest BCUT2D eigenvalue weighted by molar-refractivity contribution is 7.09. The van der Waals surface area contributed by atoms with Crippen molar-refractivity contribution >= 4 is 34.1 Å². The van der Waals surface area contributed by atoms with E-state index in [1.807, 2.05) is 47.8 Å². The zero-order valence-electron chi connectivity index (χ0n) is 14.1. The number of esters is 1. The predicted molar refractivity (Wildman–Crippen MR) is 100 cm³/mol. The molecule has 1 amide bonds. The fourth-order valence-electron chi connectivity index (χ4n) is 2.81. The molecular formula is C20H18N2O3S. The Morgan fingerprint density at radius 3 is 2.81 bits per heavy atom. The number of pyridine rings is 1. The SMILES string of the molecule is O=C(COC(=O)c1cc(C2CC2)nc2ccccc12)NCc1cccs1. The van der Waals surface area contributed by atoms with Gasteiger partial charge < -0.3 is 10.1 Å². The third-order valence-corrected chi connectivity index (χ3v) is 5.20. The van der Waals surface area contributed by atoms with Crippen molar-refractivity contribution in [1.29, 1.82) is 0 Å². The van der Waals surface area contributed by atoms with Crippen LogP contribution < -0.4 is 5.32 Å². The summed E-state index contributed by atoms with van der Waals surface area (Å²) in [6.07, 6.45) is 2.20. The monoisotopic (exact) mass is 366 g/mol. The second kappa shape index (κ2) is 7.25. The molecule has 2 heterocycles. The van der Waals surface area contributed by atoms with E-state index in [1.165, 1.54) is 0 Å². The lowest BCUT2D eigenvalue weighted by molar-refractivity contribution is -0.124. The van der Waals surface area contributed by atoms with Crippen molar-refractivity contribution in [3.8, 4) is 0 Å². The maximum absolute atomic E-state index is 12.6. The number of thiophene rings is 1. The molecule has 0 bridgehead atoms.